The molecule has 0 spiro atoms. The van der Waals surface area contributed by atoms with Gasteiger partial charge in [-0.1, -0.05) is 34.8 Å². The number of likely N-dealkylation sites (tertiary alicyclic amines) is 1. The van der Waals surface area contributed by atoms with Crippen molar-refractivity contribution in [1.82, 2.24) is 14.9 Å². The van der Waals surface area contributed by atoms with Gasteiger partial charge in [-0.2, -0.15) is 13.2 Å². The zero-order chi connectivity index (χ0) is 18.8. The van der Waals surface area contributed by atoms with Crippen LogP contribution in [0, 0.1) is 0 Å². The third-order valence-corrected chi connectivity index (χ3v) is 4.04. The highest BCUT2D eigenvalue weighted by atomic mass is 35.6. The van der Waals surface area contributed by atoms with Gasteiger partial charge in [0.05, 0.1) is 0 Å². The van der Waals surface area contributed by atoms with Gasteiger partial charge >= 0.3 is 12.3 Å². The average Bonchev–Trinajstić information content (AvgIpc) is 2.50. The summed E-state index contributed by atoms with van der Waals surface area (Å²) in [6.45, 7) is 0.144. The van der Waals surface area contributed by atoms with Crippen LogP contribution in [-0.4, -0.2) is 44.5 Å². The molecule has 0 saturated carbocycles. The second-order valence-electron chi connectivity index (χ2n) is 5.38. The number of aromatic nitrogens is 2. The number of halogens is 7. The van der Waals surface area contributed by atoms with Crippen LogP contribution in [0.5, 0.6) is 0 Å². The van der Waals surface area contributed by atoms with Gasteiger partial charge in [0.2, 0.25) is 9.08 Å². The number of alkyl halides is 6. The lowest BCUT2D eigenvalue weighted by Gasteiger charge is -2.31. The van der Waals surface area contributed by atoms with E-state index in [0.29, 0.717) is 12.8 Å². The number of carbonyl (C=O) groups is 1. The molecule has 1 aromatic rings. The molecule has 2 rings (SSSR count). The molecule has 1 aliphatic heterocycles. The van der Waals surface area contributed by atoms with Crippen LogP contribution in [0.3, 0.4) is 0 Å². The Kier molecular flexibility index (Phi) is 6.51. The highest BCUT2D eigenvalue weighted by Crippen LogP contribution is 2.33. The summed E-state index contributed by atoms with van der Waals surface area (Å²) in [4.78, 5) is 20.3. The summed E-state index contributed by atoms with van der Waals surface area (Å²) in [5.41, 5.74) is -0.895. The van der Waals surface area contributed by atoms with Gasteiger partial charge in [-0.05, 0) is 30.5 Å². The van der Waals surface area contributed by atoms with E-state index in [0.717, 1.165) is 6.07 Å². The Balaban J connectivity index is 1.98. The van der Waals surface area contributed by atoms with Crippen molar-refractivity contribution >= 4 is 52.5 Å². The topological polar surface area (TPSA) is 55.3 Å². The molecular formula is C13H12Cl4F3N3O2. The number of hydrogen-bond acceptors (Lipinski definition) is 4. The number of piperidine rings is 1. The van der Waals surface area contributed by atoms with Crippen LogP contribution in [0.4, 0.5) is 18.0 Å². The number of amides is 1. The molecule has 25 heavy (non-hydrogen) atoms. The number of rotatable bonds is 2. The van der Waals surface area contributed by atoms with E-state index in [2.05, 4.69) is 9.97 Å². The number of carbonyl (C=O) groups excluding carboxylic acids is 1. The fourth-order valence-corrected chi connectivity index (χ4v) is 2.73. The molecule has 5 nitrogen and oxygen atoms in total. The van der Waals surface area contributed by atoms with E-state index in [1.54, 1.807) is 0 Å². The summed E-state index contributed by atoms with van der Waals surface area (Å²) in [7, 11) is 0. The Labute approximate surface area is 161 Å². The van der Waals surface area contributed by atoms with Gasteiger partial charge in [0.25, 0.3) is 0 Å². The van der Waals surface area contributed by atoms with Crippen molar-refractivity contribution in [2.24, 2.45) is 0 Å². The van der Waals surface area contributed by atoms with Crippen molar-refractivity contribution in [3.05, 3.63) is 22.7 Å². The Morgan fingerprint density at radius 2 is 1.84 bits per heavy atom. The van der Waals surface area contributed by atoms with E-state index in [1.165, 1.54) is 4.90 Å². The molecule has 0 aliphatic carbocycles. The fourth-order valence-electron chi connectivity index (χ4n) is 2.38. The first-order valence-corrected chi connectivity index (χ1v) is 8.57. The molecule has 1 fully saturated rings. The average molecular weight is 441 g/mol. The van der Waals surface area contributed by atoms with E-state index in [1.807, 2.05) is 0 Å². The molecule has 2 heterocycles. The van der Waals surface area contributed by atoms with Crippen LogP contribution in [-0.2, 0) is 10.9 Å². The fraction of sp³-hybridized carbons (Fsp3) is 0.615. The molecule has 1 aromatic heterocycles. The minimum Gasteiger partial charge on any atom is -0.445 e. The zero-order valence-electron chi connectivity index (χ0n) is 12.5. The summed E-state index contributed by atoms with van der Waals surface area (Å²) >= 11 is 22.1. The van der Waals surface area contributed by atoms with Crippen LogP contribution in [0.15, 0.2) is 6.07 Å². The molecule has 1 amide bonds. The van der Waals surface area contributed by atoms with E-state index < -0.39 is 33.6 Å². The van der Waals surface area contributed by atoms with Crippen molar-refractivity contribution in [1.29, 1.82) is 0 Å². The van der Waals surface area contributed by atoms with E-state index in [4.69, 9.17) is 51.1 Å². The Morgan fingerprint density at radius 3 is 2.36 bits per heavy atom. The van der Waals surface area contributed by atoms with Crippen LogP contribution >= 0.6 is 46.4 Å². The molecule has 1 aliphatic rings. The predicted octanol–water partition coefficient (Wildman–Crippen LogP) is 4.84. The van der Waals surface area contributed by atoms with Gasteiger partial charge in [-0.3, -0.25) is 0 Å². The second-order valence-corrected chi connectivity index (χ2v) is 8.23. The Morgan fingerprint density at radius 1 is 1.24 bits per heavy atom. The van der Waals surface area contributed by atoms with Gasteiger partial charge in [0.1, 0.15) is 12.3 Å². The van der Waals surface area contributed by atoms with Crippen molar-refractivity contribution in [2.45, 2.75) is 28.7 Å². The molecule has 0 N–H and O–H groups in total. The largest absolute Gasteiger partial charge is 0.445 e. The van der Waals surface area contributed by atoms with Gasteiger partial charge in [-0.25, -0.2) is 14.8 Å². The quantitative estimate of drug-likeness (QED) is 0.488. The van der Waals surface area contributed by atoms with Crippen molar-refractivity contribution in [2.75, 3.05) is 19.7 Å². The summed E-state index contributed by atoms with van der Waals surface area (Å²) in [6.07, 6.45) is -4.47. The third-order valence-electron chi connectivity index (χ3n) is 3.54. The highest BCUT2D eigenvalue weighted by molar-refractivity contribution is 6.67. The first-order valence-electron chi connectivity index (χ1n) is 7.06. The number of nitrogens with zero attached hydrogens (tertiary/aromatic N) is 3. The van der Waals surface area contributed by atoms with Crippen molar-refractivity contribution in [3.63, 3.8) is 0 Å². The minimum absolute atomic E-state index is 0.196. The zero-order valence-corrected chi connectivity index (χ0v) is 15.5. The molecule has 0 atom stereocenters. The highest BCUT2D eigenvalue weighted by Gasteiger charge is 2.35. The van der Waals surface area contributed by atoms with Gasteiger partial charge in [0, 0.05) is 24.7 Å². The molecule has 0 unspecified atom stereocenters. The van der Waals surface area contributed by atoms with Crippen LogP contribution < -0.4 is 0 Å². The first-order chi connectivity index (χ1) is 11.5. The normalized spacial score (nSPS) is 16.8. The molecule has 140 valence electrons. The van der Waals surface area contributed by atoms with Crippen LogP contribution in [0.25, 0.3) is 0 Å². The Hall–Kier alpha value is -0.700. The molecule has 1 saturated heterocycles. The minimum atomic E-state index is -4.61. The van der Waals surface area contributed by atoms with Gasteiger partial charge < -0.3 is 9.64 Å². The van der Waals surface area contributed by atoms with Crippen molar-refractivity contribution in [3.8, 4) is 0 Å². The lowest BCUT2D eigenvalue weighted by Crippen LogP contribution is -2.39. The third kappa shape index (κ3) is 6.20. The van der Waals surface area contributed by atoms with Crippen LogP contribution in [0.2, 0.25) is 5.28 Å². The Bertz CT molecular complexity index is 632. The maximum absolute atomic E-state index is 12.8. The number of hydrogen-bond donors (Lipinski definition) is 0. The maximum Gasteiger partial charge on any atom is 0.433 e. The molecule has 0 aromatic carbocycles. The molecule has 0 bridgehead atoms. The molecular weight excluding hydrogens is 429 g/mol. The predicted molar refractivity (Wildman–Crippen MR) is 87.2 cm³/mol. The summed E-state index contributed by atoms with van der Waals surface area (Å²) in [6, 6.07) is 0.882. The monoisotopic (exact) mass is 439 g/mol. The SMILES string of the molecule is O=C(OCC(Cl)(Cl)Cl)N1CCC(c2cc(C(F)(F)F)nc(Cl)n2)CC1. The lowest BCUT2D eigenvalue weighted by atomic mass is 9.93. The van der Waals surface area contributed by atoms with Gasteiger partial charge in [0.15, 0.2) is 0 Å². The molecule has 0 radical (unpaired) electrons. The van der Waals surface area contributed by atoms with Crippen LogP contribution in [0.1, 0.15) is 30.1 Å². The lowest BCUT2D eigenvalue weighted by molar-refractivity contribution is -0.141. The summed E-state index contributed by atoms with van der Waals surface area (Å²) in [5.74, 6) is -0.279. The van der Waals surface area contributed by atoms with Crippen molar-refractivity contribution < 1.29 is 22.7 Å². The maximum atomic E-state index is 12.8. The smallest absolute Gasteiger partial charge is 0.433 e. The van der Waals surface area contributed by atoms with E-state index in [9.17, 15) is 18.0 Å². The van der Waals surface area contributed by atoms with E-state index >= 15 is 0 Å². The summed E-state index contributed by atoms with van der Waals surface area (Å²) in [5, 5.41) is -0.464. The second kappa shape index (κ2) is 7.90. The van der Waals surface area contributed by atoms with Gasteiger partial charge in [-0.15, -0.1) is 0 Å². The summed E-state index contributed by atoms with van der Waals surface area (Å²) < 4.78 is 41.6. The standard InChI is InChI=1S/C13H12Cl4F3N3O2/c14-10-21-8(5-9(22-10)13(18,19)20)7-1-3-23(4-2-7)11(24)25-6-12(15,16)17/h5,7H,1-4,6H2. The molecule has 12 heteroatoms. The van der Waals surface area contributed by atoms with E-state index in [-0.39, 0.29) is 24.7 Å². The first kappa shape index (κ1) is 20.6. The number of ether oxygens (including phenoxy) is 1.